The van der Waals surface area contributed by atoms with Gasteiger partial charge in [0.15, 0.2) is 0 Å². The molecule has 18 heavy (non-hydrogen) atoms. The minimum Gasteiger partial charge on any atom is -0.399 e. The Morgan fingerprint density at radius 3 is 2.72 bits per heavy atom. The number of amides is 1. The summed E-state index contributed by atoms with van der Waals surface area (Å²) in [6, 6.07) is 4.79. The van der Waals surface area contributed by atoms with Gasteiger partial charge < -0.3 is 11.1 Å². The van der Waals surface area contributed by atoms with Crippen LogP contribution in [0.25, 0.3) is 0 Å². The summed E-state index contributed by atoms with van der Waals surface area (Å²) in [6.45, 7) is 0. The average Bonchev–Trinajstić information content (AvgIpc) is 2.34. The SMILES string of the molecule is Nc1ccc(F)c(NC(=O)c2cncc(F)c2)c1. The smallest absolute Gasteiger partial charge is 0.257 e. The molecule has 0 fully saturated rings. The minimum absolute atomic E-state index is 0.00294. The summed E-state index contributed by atoms with van der Waals surface area (Å²) in [5.74, 6) is -1.93. The first kappa shape index (κ1) is 12.0. The molecule has 0 bridgehead atoms. The molecule has 0 saturated carbocycles. The van der Waals surface area contributed by atoms with Gasteiger partial charge in [-0.25, -0.2) is 8.78 Å². The predicted molar refractivity (Wildman–Crippen MR) is 63.0 cm³/mol. The number of rotatable bonds is 2. The molecule has 1 aromatic carbocycles. The van der Waals surface area contributed by atoms with Gasteiger partial charge in [0.2, 0.25) is 0 Å². The van der Waals surface area contributed by atoms with E-state index in [4.69, 9.17) is 5.73 Å². The molecule has 0 radical (unpaired) electrons. The van der Waals surface area contributed by atoms with E-state index in [-0.39, 0.29) is 11.3 Å². The first-order valence-electron chi connectivity index (χ1n) is 5.03. The molecule has 1 heterocycles. The van der Waals surface area contributed by atoms with Crippen LogP contribution in [0.5, 0.6) is 0 Å². The van der Waals surface area contributed by atoms with E-state index in [9.17, 15) is 13.6 Å². The van der Waals surface area contributed by atoms with Gasteiger partial charge in [0.1, 0.15) is 11.6 Å². The first-order valence-corrected chi connectivity index (χ1v) is 5.03. The number of nitrogen functional groups attached to an aromatic ring is 1. The lowest BCUT2D eigenvalue weighted by atomic mass is 10.2. The highest BCUT2D eigenvalue weighted by atomic mass is 19.1. The van der Waals surface area contributed by atoms with Crippen molar-refractivity contribution in [2.75, 3.05) is 11.1 Å². The van der Waals surface area contributed by atoms with Crippen molar-refractivity contribution < 1.29 is 13.6 Å². The molecule has 0 aliphatic heterocycles. The molecule has 92 valence electrons. The molecule has 0 spiro atoms. The number of nitrogens with zero attached hydrogens (tertiary/aromatic N) is 1. The van der Waals surface area contributed by atoms with Crippen molar-refractivity contribution in [2.24, 2.45) is 0 Å². The van der Waals surface area contributed by atoms with Gasteiger partial charge >= 0.3 is 0 Å². The summed E-state index contributed by atoms with van der Waals surface area (Å²) >= 11 is 0. The summed E-state index contributed by atoms with van der Waals surface area (Å²) in [5, 5.41) is 2.29. The van der Waals surface area contributed by atoms with E-state index in [0.717, 1.165) is 18.3 Å². The Kier molecular flexibility index (Phi) is 3.18. The Morgan fingerprint density at radius 1 is 1.22 bits per heavy atom. The van der Waals surface area contributed by atoms with Gasteiger partial charge in [-0.15, -0.1) is 0 Å². The van der Waals surface area contributed by atoms with Crippen molar-refractivity contribution >= 4 is 17.3 Å². The second-order valence-electron chi connectivity index (χ2n) is 3.59. The molecule has 0 saturated heterocycles. The molecule has 2 rings (SSSR count). The highest BCUT2D eigenvalue weighted by molar-refractivity contribution is 6.04. The summed E-state index contributed by atoms with van der Waals surface area (Å²) in [7, 11) is 0. The molecule has 0 aliphatic rings. The summed E-state index contributed by atoms with van der Waals surface area (Å²) in [6.07, 6.45) is 2.15. The van der Waals surface area contributed by atoms with Crippen LogP contribution < -0.4 is 11.1 Å². The first-order chi connectivity index (χ1) is 8.56. The number of hydrogen-bond donors (Lipinski definition) is 2. The molecule has 4 nitrogen and oxygen atoms in total. The third kappa shape index (κ3) is 2.60. The van der Waals surface area contributed by atoms with Crippen LogP contribution in [-0.2, 0) is 0 Å². The molecule has 0 atom stereocenters. The largest absolute Gasteiger partial charge is 0.399 e. The zero-order valence-corrected chi connectivity index (χ0v) is 9.15. The summed E-state index contributed by atoms with van der Waals surface area (Å²) < 4.78 is 26.2. The number of anilines is 2. The van der Waals surface area contributed by atoms with Gasteiger partial charge in [-0.1, -0.05) is 0 Å². The fraction of sp³-hybridized carbons (Fsp3) is 0. The van der Waals surface area contributed by atoms with Gasteiger partial charge in [0, 0.05) is 11.9 Å². The minimum atomic E-state index is -0.661. The average molecular weight is 249 g/mol. The third-order valence-corrected chi connectivity index (χ3v) is 2.21. The van der Waals surface area contributed by atoms with Crippen LogP contribution in [0.2, 0.25) is 0 Å². The Hall–Kier alpha value is -2.50. The lowest BCUT2D eigenvalue weighted by Gasteiger charge is -2.07. The number of carbonyl (C=O) groups is 1. The van der Waals surface area contributed by atoms with Crippen LogP contribution in [0, 0.1) is 11.6 Å². The number of carbonyl (C=O) groups excluding carboxylic acids is 1. The van der Waals surface area contributed by atoms with E-state index < -0.39 is 17.5 Å². The van der Waals surface area contributed by atoms with E-state index in [2.05, 4.69) is 10.3 Å². The molecular formula is C12H9F2N3O. The standard InChI is InChI=1S/C12H9F2N3O/c13-8-3-7(5-16-6-8)12(18)17-11-4-9(15)1-2-10(11)14/h1-6H,15H2,(H,17,18). The van der Waals surface area contributed by atoms with Crippen molar-refractivity contribution in [3.05, 3.63) is 53.9 Å². The predicted octanol–water partition coefficient (Wildman–Crippen LogP) is 2.19. The molecule has 3 N–H and O–H groups in total. The number of benzene rings is 1. The van der Waals surface area contributed by atoms with Crippen molar-refractivity contribution in [2.45, 2.75) is 0 Å². The number of halogens is 2. The van der Waals surface area contributed by atoms with Crippen LogP contribution in [0.15, 0.2) is 36.7 Å². The van der Waals surface area contributed by atoms with Crippen molar-refractivity contribution in [1.82, 2.24) is 4.98 Å². The number of pyridine rings is 1. The Bertz CT molecular complexity index is 602. The number of aromatic nitrogens is 1. The maximum atomic E-state index is 13.4. The van der Waals surface area contributed by atoms with Gasteiger partial charge in [0.05, 0.1) is 17.4 Å². The lowest BCUT2D eigenvalue weighted by Crippen LogP contribution is -2.13. The monoisotopic (exact) mass is 249 g/mol. The molecular weight excluding hydrogens is 240 g/mol. The molecule has 2 aromatic rings. The second kappa shape index (κ2) is 4.79. The second-order valence-corrected chi connectivity index (χ2v) is 3.59. The number of hydrogen-bond acceptors (Lipinski definition) is 3. The van der Waals surface area contributed by atoms with Crippen LogP contribution in [0.3, 0.4) is 0 Å². The van der Waals surface area contributed by atoms with Crippen LogP contribution in [0.1, 0.15) is 10.4 Å². The molecule has 1 aromatic heterocycles. The van der Waals surface area contributed by atoms with E-state index in [1.165, 1.54) is 18.3 Å². The van der Waals surface area contributed by atoms with Crippen molar-refractivity contribution in [3.63, 3.8) is 0 Å². The fourth-order valence-corrected chi connectivity index (χ4v) is 1.37. The van der Waals surface area contributed by atoms with Crippen molar-refractivity contribution in [1.29, 1.82) is 0 Å². The van der Waals surface area contributed by atoms with Gasteiger partial charge in [0.25, 0.3) is 5.91 Å². The molecule has 0 aliphatic carbocycles. The van der Waals surface area contributed by atoms with Gasteiger partial charge in [-0.05, 0) is 24.3 Å². The highest BCUT2D eigenvalue weighted by Crippen LogP contribution is 2.18. The molecule has 0 unspecified atom stereocenters. The van der Waals surface area contributed by atoms with E-state index in [1.54, 1.807) is 0 Å². The van der Waals surface area contributed by atoms with Crippen LogP contribution in [-0.4, -0.2) is 10.9 Å². The van der Waals surface area contributed by atoms with E-state index in [1.807, 2.05) is 0 Å². The summed E-state index contributed by atoms with van der Waals surface area (Å²) in [4.78, 5) is 15.2. The molecule has 1 amide bonds. The Labute approximate surface area is 101 Å². The topological polar surface area (TPSA) is 68.0 Å². The Morgan fingerprint density at radius 2 is 2.00 bits per heavy atom. The van der Waals surface area contributed by atoms with E-state index >= 15 is 0 Å². The third-order valence-electron chi connectivity index (χ3n) is 2.21. The van der Waals surface area contributed by atoms with Gasteiger partial charge in [-0.2, -0.15) is 0 Å². The van der Waals surface area contributed by atoms with Gasteiger partial charge in [-0.3, -0.25) is 9.78 Å². The zero-order chi connectivity index (χ0) is 13.1. The highest BCUT2D eigenvalue weighted by Gasteiger charge is 2.10. The fourth-order valence-electron chi connectivity index (χ4n) is 1.37. The Balaban J connectivity index is 2.24. The summed E-state index contributed by atoms with van der Waals surface area (Å²) in [5.41, 5.74) is 5.72. The number of nitrogens with two attached hydrogens (primary N) is 1. The molecule has 6 heteroatoms. The maximum Gasteiger partial charge on any atom is 0.257 e. The lowest BCUT2D eigenvalue weighted by molar-refractivity contribution is 0.102. The van der Waals surface area contributed by atoms with Crippen LogP contribution in [0.4, 0.5) is 20.2 Å². The zero-order valence-electron chi connectivity index (χ0n) is 9.15. The van der Waals surface area contributed by atoms with Crippen molar-refractivity contribution in [3.8, 4) is 0 Å². The van der Waals surface area contributed by atoms with E-state index in [0.29, 0.717) is 5.69 Å². The number of nitrogens with one attached hydrogen (secondary N) is 1. The maximum absolute atomic E-state index is 13.4. The van der Waals surface area contributed by atoms with Crippen LogP contribution >= 0.6 is 0 Å². The quantitative estimate of drug-likeness (QED) is 0.801. The normalized spacial score (nSPS) is 10.1.